The second kappa shape index (κ2) is 7.75. The monoisotopic (exact) mass is 371 g/mol. The molecule has 8 heteroatoms. The first-order chi connectivity index (χ1) is 13.1. The Bertz CT molecular complexity index is 783. The number of aromatic nitrogens is 3. The summed E-state index contributed by atoms with van der Waals surface area (Å²) in [4.78, 5) is 13.4. The summed E-state index contributed by atoms with van der Waals surface area (Å²) < 4.78 is 1.76. The molecule has 0 bridgehead atoms. The normalized spacial score (nSPS) is 24.3. The third kappa shape index (κ3) is 4.18. The van der Waals surface area contributed by atoms with E-state index in [1.165, 1.54) is 5.56 Å². The van der Waals surface area contributed by atoms with Crippen molar-refractivity contribution < 1.29 is 15.0 Å². The predicted octanol–water partition coefficient (Wildman–Crippen LogP) is 0.889. The number of aliphatic carboxylic acids is 1. The van der Waals surface area contributed by atoms with Crippen LogP contribution in [-0.4, -0.2) is 67.9 Å². The van der Waals surface area contributed by atoms with Crippen LogP contribution in [0.15, 0.2) is 30.5 Å². The summed E-state index contributed by atoms with van der Waals surface area (Å²) in [6.45, 7) is 3.35. The summed E-state index contributed by atoms with van der Waals surface area (Å²) in [5.41, 5.74) is 3.04. The van der Waals surface area contributed by atoms with Gasteiger partial charge in [0.2, 0.25) is 0 Å². The van der Waals surface area contributed by atoms with E-state index in [1.54, 1.807) is 4.68 Å². The minimum atomic E-state index is -0.823. The molecule has 0 aliphatic carbocycles. The average Bonchev–Trinajstić information content (AvgIpc) is 3.34. The van der Waals surface area contributed by atoms with Gasteiger partial charge < -0.3 is 15.5 Å². The van der Waals surface area contributed by atoms with Crippen molar-refractivity contribution in [2.45, 2.75) is 44.0 Å². The van der Waals surface area contributed by atoms with Gasteiger partial charge in [-0.15, -0.1) is 5.10 Å². The first-order valence-electron chi connectivity index (χ1n) is 9.46. The first-order valence-corrected chi connectivity index (χ1v) is 9.46. The number of benzene rings is 1. The van der Waals surface area contributed by atoms with E-state index in [2.05, 4.69) is 44.8 Å². The van der Waals surface area contributed by atoms with Crippen molar-refractivity contribution in [1.82, 2.24) is 25.2 Å². The summed E-state index contributed by atoms with van der Waals surface area (Å²) in [6, 6.07) is 7.82. The maximum Gasteiger partial charge on any atom is 0.320 e. The molecule has 1 aromatic heterocycles. The number of carbonyl (C=O) groups is 1. The quantitative estimate of drug-likeness (QED) is 0.717. The Labute approximate surface area is 157 Å². The Kier molecular flexibility index (Phi) is 5.20. The van der Waals surface area contributed by atoms with E-state index < -0.39 is 12.0 Å². The van der Waals surface area contributed by atoms with E-state index in [-0.39, 0.29) is 12.1 Å². The lowest BCUT2D eigenvalue weighted by Crippen LogP contribution is -2.35. The van der Waals surface area contributed by atoms with Gasteiger partial charge in [0.15, 0.2) is 0 Å². The van der Waals surface area contributed by atoms with E-state index in [9.17, 15) is 9.90 Å². The lowest BCUT2D eigenvalue weighted by Gasteiger charge is -2.29. The molecule has 3 N–H and O–H groups in total. The number of hydrogen-bond donors (Lipinski definition) is 3. The number of rotatable bonds is 5. The van der Waals surface area contributed by atoms with Crippen LogP contribution in [-0.2, 0) is 11.3 Å². The molecule has 0 spiro atoms. The van der Waals surface area contributed by atoms with Crippen LogP contribution >= 0.6 is 0 Å². The predicted molar refractivity (Wildman–Crippen MR) is 99.1 cm³/mol. The zero-order valence-electron chi connectivity index (χ0n) is 15.2. The lowest BCUT2D eigenvalue weighted by atomic mass is 10.1. The van der Waals surface area contributed by atoms with Crippen LogP contribution in [0.1, 0.15) is 30.9 Å². The van der Waals surface area contributed by atoms with Gasteiger partial charge in [0.05, 0.1) is 18.3 Å². The average molecular weight is 371 g/mol. The van der Waals surface area contributed by atoms with Crippen LogP contribution in [0.5, 0.6) is 0 Å². The van der Waals surface area contributed by atoms with E-state index in [0.29, 0.717) is 13.0 Å². The van der Waals surface area contributed by atoms with Crippen molar-refractivity contribution in [2.24, 2.45) is 0 Å². The van der Waals surface area contributed by atoms with Gasteiger partial charge in [-0.3, -0.25) is 9.69 Å². The molecule has 144 valence electrons. The van der Waals surface area contributed by atoms with Crippen molar-refractivity contribution in [1.29, 1.82) is 0 Å². The number of likely N-dealkylation sites (tertiary alicyclic amines) is 1. The molecule has 0 radical (unpaired) electrons. The first kappa shape index (κ1) is 18.1. The van der Waals surface area contributed by atoms with Gasteiger partial charge in [-0.25, -0.2) is 4.68 Å². The smallest absolute Gasteiger partial charge is 0.320 e. The van der Waals surface area contributed by atoms with Gasteiger partial charge in [-0.2, -0.15) is 0 Å². The fourth-order valence-corrected chi connectivity index (χ4v) is 3.81. The van der Waals surface area contributed by atoms with Crippen molar-refractivity contribution in [3.63, 3.8) is 0 Å². The lowest BCUT2D eigenvalue weighted by molar-refractivity contribution is -0.139. The number of carboxylic acid groups (broad SMARTS) is 1. The highest BCUT2D eigenvalue weighted by atomic mass is 16.4. The Morgan fingerprint density at radius 2 is 1.96 bits per heavy atom. The summed E-state index contributed by atoms with van der Waals surface area (Å²) in [5.74, 6) is -0.823. The third-order valence-electron chi connectivity index (χ3n) is 5.50. The number of aliphatic hydroxyl groups is 1. The summed E-state index contributed by atoms with van der Waals surface area (Å²) >= 11 is 0. The fraction of sp³-hybridized carbons (Fsp3) is 0.526. The molecule has 2 aliphatic rings. The highest BCUT2D eigenvalue weighted by molar-refractivity contribution is 5.73. The van der Waals surface area contributed by atoms with E-state index in [0.717, 1.165) is 43.7 Å². The van der Waals surface area contributed by atoms with Crippen LogP contribution in [0.4, 0.5) is 0 Å². The van der Waals surface area contributed by atoms with Gasteiger partial charge in [-0.1, -0.05) is 29.5 Å². The molecule has 0 unspecified atom stereocenters. The van der Waals surface area contributed by atoms with Crippen LogP contribution in [0.25, 0.3) is 11.3 Å². The van der Waals surface area contributed by atoms with Gasteiger partial charge in [0.1, 0.15) is 11.7 Å². The molecular formula is C19H25N5O3. The van der Waals surface area contributed by atoms with Crippen LogP contribution in [0, 0.1) is 0 Å². The maximum atomic E-state index is 11.1. The summed E-state index contributed by atoms with van der Waals surface area (Å²) in [5, 5.41) is 30.1. The zero-order chi connectivity index (χ0) is 18.8. The molecule has 0 saturated carbocycles. The second-order valence-electron chi connectivity index (χ2n) is 7.48. The van der Waals surface area contributed by atoms with Crippen LogP contribution in [0.2, 0.25) is 0 Å². The molecule has 1 aromatic carbocycles. The Hall–Kier alpha value is -2.29. The molecule has 2 fully saturated rings. The van der Waals surface area contributed by atoms with Crippen molar-refractivity contribution in [2.75, 3.05) is 19.6 Å². The molecule has 2 saturated heterocycles. The van der Waals surface area contributed by atoms with Gasteiger partial charge in [0, 0.05) is 31.7 Å². The van der Waals surface area contributed by atoms with Crippen LogP contribution < -0.4 is 5.32 Å². The van der Waals surface area contributed by atoms with Gasteiger partial charge in [-0.05, 0) is 24.8 Å². The van der Waals surface area contributed by atoms with Crippen molar-refractivity contribution >= 4 is 5.97 Å². The van der Waals surface area contributed by atoms with E-state index in [4.69, 9.17) is 5.11 Å². The molecule has 27 heavy (non-hydrogen) atoms. The Morgan fingerprint density at radius 3 is 2.63 bits per heavy atom. The Morgan fingerprint density at radius 1 is 1.22 bits per heavy atom. The minimum absolute atomic E-state index is 0.0149. The number of aliphatic hydroxyl groups excluding tert-OH is 1. The van der Waals surface area contributed by atoms with Crippen molar-refractivity contribution in [3.8, 4) is 11.3 Å². The fourth-order valence-electron chi connectivity index (χ4n) is 3.81. The number of nitrogens with one attached hydrogen (secondary N) is 1. The molecule has 2 atom stereocenters. The molecular weight excluding hydrogens is 346 g/mol. The maximum absolute atomic E-state index is 11.1. The standard InChI is InChI=1S/C19H25N5O3/c25-16-5-7-23(8-6-16)11-13-1-3-14(4-2-13)18-12-24(22-21-18)15-9-17(19(26)27)20-10-15/h1-4,12,15-17,20,25H,5-11H2,(H,26,27)/t15-,17-/m0/s1. The Balaban J connectivity index is 1.38. The number of piperidine rings is 1. The number of nitrogens with zero attached hydrogens (tertiary/aromatic N) is 4. The van der Waals surface area contributed by atoms with Gasteiger partial charge in [0.25, 0.3) is 0 Å². The molecule has 2 aromatic rings. The number of hydrogen-bond acceptors (Lipinski definition) is 6. The SMILES string of the molecule is O=C(O)[C@@H]1C[C@H](n2cc(-c3ccc(CN4CCC(O)CC4)cc3)nn2)CN1. The van der Waals surface area contributed by atoms with E-state index in [1.807, 2.05) is 6.20 Å². The highest BCUT2D eigenvalue weighted by Crippen LogP contribution is 2.23. The van der Waals surface area contributed by atoms with Crippen molar-refractivity contribution in [3.05, 3.63) is 36.0 Å². The zero-order valence-corrected chi connectivity index (χ0v) is 15.2. The molecule has 8 nitrogen and oxygen atoms in total. The summed E-state index contributed by atoms with van der Waals surface area (Å²) in [7, 11) is 0. The minimum Gasteiger partial charge on any atom is -0.480 e. The third-order valence-corrected chi connectivity index (χ3v) is 5.50. The van der Waals surface area contributed by atoms with Gasteiger partial charge >= 0.3 is 5.97 Å². The summed E-state index contributed by atoms with van der Waals surface area (Å²) in [6.07, 6.45) is 3.95. The second-order valence-corrected chi connectivity index (χ2v) is 7.48. The largest absolute Gasteiger partial charge is 0.480 e. The highest BCUT2D eigenvalue weighted by Gasteiger charge is 2.31. The number of carboxylic acids is 1. The molecule has 0 amide bonds. The van der Waals surface area contributed by atoms with Crippen LogP contribution in [0.3, 0.4) is 0 Å². The van der Waals surface area contributed by atoms with E-state index >= 15 is 0 Å². The molecule has 2 aliphatic heterocycles. The molecule has 3 heterocycles. The topological polar surface area (TPSA) is 104 Å². The molecule has 4 rings (SSSR count).